The average Bonchev–Trinajstić information content (AvgIpc) is 3.02. The zero-order valence-corrected chi connectivity index (χ0v) is 12.9. The summed E-state index contributed by atoms with van der Waals surface area (Å²) >= 11 is 1.73. The lowest BCUT2D eigenvalue weighted by Gasteiger charge is -2.30. The van der Waals surface area contributed by atoms with Crippen molar-refractivity contribution >= 4 is 22.0 Å². The Balaban J connectivity index is 1.86. The van der Waals surface area contributed by atoms with Gasteiger partial charge in [0.05, 0.1) is 0 Å². The molecule has 20 heavy (non-hydrogen) atoms. The van der Waals surface area contributed by atoms with Crippen molar-refractivity contribution in [3.05, 3.63) is 52.5 Å². The van der Waals surface area contributed by atoms with Crippen LogP contribution < -0.4 is 4.90 Å². The van der Waals surface area contributed by atoms with Gasteiger partial charge in [-0.1, -0.05) is 36.8 Å². The fourth-order valence-corrected chi connectivity index (χ4v) is 3.34. The standard InChI is InChI=1S/C17H20N2S/c1-3-14-4-6-15(7-5-14)16-12-19(10-8-13(16)2)17-18-9-11-20-17/h4-7,9,11H,3,8,10,12H2,1-2H3. The largest absolute Gasteiger partial charge is 0.343 e. The van der Waals surface area contributed by atoms with Crippen LogP contribution in [-0.2, 0) is 6.42 Å². The molecule has 0 fully saturated rings. The van der Waals surface area contributed by atoms with E-state index in [2.05, 4.69) is 53.4 Å². The van der Waals surface area contributed by atoms with E-state index in [4.69, 9.17) is 0 Å². The van der Waals surface area contributed by atoms with Crippen molar-refractivity contribution in [1.29, 1.82) is 0 Å². The van der Waals surface area contributed by atoms with E-state index in [1.807, 2.05) is 6.20 Å². The first kappa shape index (κ1) is 13.4. The summed E-state index contributed by atoms with van der Waals surface area (Å²) in [5.41, 5.74) is 5.75. The highest BCUT2D eigenvalue weighted by Crippen LogP contribution is 2.30. The summed E-state index contributed by atoms with van der Waals surface area (Å²) in [7, 11) is 0. The zero-order chi connectivity index (χ0) is 13.9. The van der Waals surface area contributed by atoms with Crippen molar-refractivity contribution < 1.29 is 0 Å². The molecule has 0 bridgehead atoms. The van der Waals surface area contributed by atoms with Gasteiger partial charge in [0, 0.05) is 24.7 Å². The molecule has 2 heterocycles. The fourth-order valence-electron chi connectivity index (χ4n) is 2.67. The van der Waals surface area contributed by atoms with E-state index in [9.17, 15) is 0 Å². The molecule has 104 valence electrons. The maximum atomic E-state index is 4.44. The number of nitrogens with zero attached hydrogens (tertiary/aromatic N) is 2. The first-order valence-electron chi connectivity index (χ1n) is 7.20. The van der Waals surface area contributed by atoms with Crippen molar-refractivity contribution in [2.45, 2.75) is 26.7 Å². The normalized spacial score (nSPS) is 15.8. The lowest BCUT2D eigenvalue weighted by Crippen LogP contribution is -2.30. The molecule has 3 heteroatoms. The molecule has 0 spiro atoms. The van der Waals surface area contributed by atoms with E-state index in [0.717, 1.165) is 31.1 Å². The van der Waals surface area contributed by atoms with Gasteiger partial charge in [-0.15, -0.1) is 11.3 Å². The number of thiazole rings is 1. The monoisotopic (exact) mass is 284 g/mol. The second kappa shape index (κ2) is 5.80. The summed E-state index contributed by atoms with van der Waals surface area (Å²) in [6.07, 6.45) is 4.12. The van der Waals surface area contributed by atoms with E-state index >= 15 is 0 Å². The van der Waals surface area contributed by atoms with Gasteiger partial charge in [0.15, 0.2) is 5.13 Å². The van der Waals surface area contributed by atoms with Gasteiger partial charge in [-0.2, -0.15) is 0 Å². The topological polar surface area (TPSA) is 16.1 Å². The third kappa shape index (κ3) is 2.63. The molecule has 0 unspecified atom stereocenters. The Kier molecular flexibility index (Phi) is 3.88. The van der Waals surface area contributed by atoms with Crippen LogP contribution in [0.2, 0.25) is 0 Å². The van der Waals surface area contributed by atoms with Crippen LogP contribution in [0.25, 0.3) is 5.57 Å². The Bertz CT molecular complexity index is 596. The molecule has 0 amide bonds. The van der Waals surface area contributed by atoms with Gasteiger partial charge in [0.1, 0.15) is 0 Å². The molecule has 0 aliphatic carbocycles. The minimum atomic E-state index is 0.977. The van der Waals surface area contributed by atoms with Gasteiger partial charge in [-0.25, -0.2) is 4.98 Å². The lowest BCUT2D eigenvalue weighted by molar-refractivity contribution is 0.796. The summed E-state index contributed by atoms with van der Waals surface area (Å²) in [6.45, 7) is 6.52. The van der Waals surface area contributed by atoms with E-state index in [0.29, 0.717) is 0 Å². The molecule has 3 rings (SSSR count). The summed E-state index contributed by atoms with van der Waals surface area (Å²) in [6, 6.07) is 9.03. The maximum absolute atomic E-state index is 4.44. The third-order valence-corrected chi connectivity index (χ3v) is 4.85. The van der Waals surface area contributed by atoms with Crippen LogP contribution in [0.3, 0.4) is 0 Å². The van der Waals surface area contributed by atoms with E-state index in [1.165, 1.54) is 22.3 Å². The number of anilines is 1. The molecular weight excluding hydrogens is 264 g/mol. The fraction of sp³-hybridized carbons (Fsp3) is 0.353. The molecule has 0 atom stereocenters. The van der Waals surface area contributed by atoms with E-state index < -0.39 is 0 Å². The number of aryl methyl sites for hydroxylation is 1. The second-order valence-corrected chi connectivity index (χ2v) is 6.17. The van der Waals surface area contributed by atoms with Gasteiger partial charge >= 0.3 is 0 Å². The minimum Gasteiger partial charge on any atom is -0.343 e. The lowest BCUT2D eigenvalue weighted by atomic mass is 9.94. The summed E-state index contributed by atoms with van der Waals surface area (Å²) in [4.78, 5) is 6.83. The first-order chi connectivity index (χ1) is 9.78. The van der Waals surface area contributed by atoms with Gasteiger partial charge < -0.3 is 4.90 Å². The molecule has 2 nitrogen and oxygen atoms in total. The molecular formula is C17H20N2S. The highest BCUT2D eigenvalue weighted by Gasteiger charge is 2.19. The molecule has 1 aromatic carbocycles. The predicted octanol–water partition coefficient (Wildman–Crippen LogP) is 4.39. The van der Waals surface area contributed by atoms with Crippen LogP contribution in [0.15, 0.2) is 41.4 Å². The number of rotatable bonds is 3. The Morgan fingerprint density at radius 1 is 1.25 bits per heavy atom. The number of hydrogen-bond acceptors (Lipinski definition) is 3. The van der Waals surface area contributed by atoms with Crippen molar-refractivity contribution in [2.75, 3.05) is 18.0 Å². The first-order valence-corrected chi connectivity index (χ1v) is 8.08. The second-order valence-electron chi connectivity index (χ2n) is 5.30. The SMILES string of the molecule is CCc1ccc(C2=C(C)CCN(c3nccs3)C2)cc1. The molecule has 2 aromatic rings. The van der Waals surface area contributed by atoms with Gasteiger partial charge in [-0.05, 0) is 36.5 Å². The number of benzene rings is 1. The minimum absolute atomic E-state index is 0.977. The van der Waals surface area contributed by atoms with Crippen LogP contribution >= 0.6 is 11.3 Å². The Hall–Kier alpha value is -1.61. The summed E-state index contributed by atoms with van der Waals surface area (Å²) in [5, 5.41) is 3.19. The maximum Gasteiger partial charge on any atom is 0.185 e. The van der Waals surface area contributed by atoms with Crippen LogP contribution in [0.4, 0.5) is 5.13 Å². The molecule has 0 saturated heterocycles. The molecule has 1 aliphatic heterocycles. The highest BCUT2D eigenvalue weighted by molar-refractivity contribution is 7.13. The summed E-state index contributed by atoms with van der Waals surface area (Å²) < 4.78 is 0. The van der Waals surface area contributed by atoms with Crippen LogP contribution in [0.1, 0.15) is 31.4 Å². The Morgan fingerprint density at radius 2 is 2.05 bits per heavy atom. The van der Waals surface area contributed by atoms with Crippen LogP contribution in [-0.4, -0.2) is 18.1 Å². The van der Waals surface area contributed by atoms with Crippen LogP contribution in [0.5, 0.6) is 0 Å². The Morgan fingerprint density at radius 3 is 2.70 bits per heavy atom. The van der Waals surface area contributed by atoms with Crippen molar-refractivity contribution in [1.82, 2.24) is 4.98 Å². The average molecular weight is 284 g/mol. The third-order valence-electron chi connectivity index (χ3n) is 4.02. The van der Waals surface area contributed by atoms with Gasteiger partial charge in [0.2, 0.25) is 0 Å². The molecule has 0 radical (unpaired) electrons. The predicted molar refractivity (Wildman–Crippen MR) is 87.4 cm³/mol. The van der Waals surface area contributed by atoms with Crippen LogP contribution in [0, 0.1) is 0 Å². The van der Waals surface area contributed by atoms with Crippen molar-refractivity contribution in [2.24, 2.45) is 0 Å². The quantitative estimate of drug-likeness (QED) is 0.831. The number of aromatic nitrogens is 1. The van der Waals surface area contributed by atoms with Gasteiger partial charge in [0.25, 0.3) is 0 Å². The zero-order valence-electron chi connectivity index (χ0n) is 12.1. The number of hydrogen-bond donors (Lipinski definition) is 0. The van der Waals surface area contributed by atoms with E-state index in [1.54, 1.807) is 11.3 Å². The van der Waals surface area contributed by atoms with Gasteiger partial charge in [-0.3, -0.25) is 0 Å². The molecule has 0 saturated carbocycles. The molecule has 1 aromatic heterocycles. The molecule has 1 aliphatic rings. The van der Waals surface area contributed by atoms with Crippen molar-refractivity contribution in [3.8, 4) is 0 Å². The highest BCUT2D eigenvalue weighted by atomic mass is 32.1. The molecule has 0 N–H and O–H groups in total. The summed E-state index contributed by atoms with van der Waals surface area (Å²) in [5.74, 6) is 0. The van der Waals surface area contributed by atoms with Crippen molar-refractivity contribution in [3.63, 3.8) is 0 Å². The van der Waals surface area contributed by atoms with E-state index in [-0.39, 0.29) is 0 Å². The Labute approximate surface area is 124 Å². The smallest absolute Gasteiger partial charge is 0.185 e.